The molecule has 1 unspecified atom stereocenters. The normalized spacial score (nSPS) is 18.1. The Labute approximate surface area is 156 Å². The first-order valence-corrected chi connectivity index (χ1v) is 8.86. The molecule has 0 aliphatic carbocycles. The Morgan fingerprint density at radius 2 is 2.04 bits per heavy atom. The second-order valence-electron chi connectivity index (χ2n) is 6.06. The number of halogens is 1. The van der Waals surface area contributed by atoms with Gasteiger partial charge in [-0.2, -0.15) is 4.98 Å². The molecule has 1 saturated heterocycles. The Balaban J connectivity index is 0.00000182. The first-order valence-electron chi connectivity index (χ1n) is 7.98. The molecule has 1 aliphatic rings. The molecule has 25 heavy (non-hydrogen) atoms. The molecule has 0 amide bonds. The number of benzene rings is 1. The number of hydrogen-bond acceptors (Lipinski definition) is 7. The van der Waals surface area contributed by atoms with E-state index in [9.17, 15) is 0 Å². The van der Waals surface area contributed by atoms with Gasteiger partial charge < -0.3 is 9.84 Å². The van der Waals surface area contributed by atoms with Crippen molar-refractivity contribution in [2.24, 2.45) is 0 Å². The van der Waals surface area contributed by atoms with E-state index in [0.717, 1.165) is 35.9 Å². The largest absolute Gasteiger partial charge is 0.332 e. The Morgan fingerprint density at radius 3 is 2.80 bits per heavy atom. The van der Waals surface area contributed by atoms with Crippen LogP contribution in [0, 0.1) is 6.92 Å². The number of nitrogens with zero attached hydrogens (tertiary/aromatic N) is 4. The standard InChI is InChI=1S/C17H19N5OS.ClH/c1-11-3-5-12(6-4-11)17-19-13(10-24-17)16-20-15(21-23-16)14-9-18-7-8-22(14)2;/h3-6,10,14,18H,7-9H2,1-2H3;1H. The van der Waals surface area contributed by atoms with Gasteiger partial charge in [0.1, 0.15) is 10.7 Å². The lowest BCUT2D eigenvalue weighted by molar-refractivity contribution is 0.190. The molecule has 1 N–H and O–H groups in total. The quantitative estimate of drug-likeness (QED) is 0.756. The maximum absolute atomic E-state index is 5.45. The predicted octanol–water partition coefficient (Wildman–Crippen LogP) is 3.17. The molecule has 132 valence electrons. The van der Waals surface area contributed by atoms with Gasteiger partial charge in [0.15, 0.2) is 5.82 Å². The van der Waals surface area contributed by atoms with Gasteiger partial charge in [-0.1, -0.05) is 35.0 Å². The van der Waals surface area contributed by atoms with E-state index in [1.165, 1.54) is 5.56 Å². The lowest BCUT2D eigenvalue weighted by Crippen LogP contribution is -2.44. The predicted molar refractivity (Wildman–Crippen MR) is 101 cm³/mol. The lowest BCUT2D eigenvalue weighted by Gasteiger charge is -2.30. The van der Waals surface area contributed by atoms with Gasteiger partial charge in [0.25, 0.3) is 5.89 Å². The summed E-state index contributed by atoms with van der Waals surface area (Å²) in [5.41, 5.74) is 3.08. The van der Waals surface area contributed by atoms with Crippen LogP contribution in [0.1, 0.15) is 17.4 Å². The Kier molecular flexibility index (Phi) is 5.48. The zero-order valence-electron chi connectivity index (χ0n) is 14.1. The summed E-state index contributed by atoms with van der Waals surface area (Å²) in [7, 11) is 2.08. The van der Waals surface area contributed by atoms with Gasteiger partial charge in [0, 0.05) is 30.6 Å². The summed E-state index contributed by atoms with van der Waals surface area (Å²) in [5.74, 6) is 1.20. The fraction of sp³-hybridized carbons (Fsp3) is 0.353. The minimum atomic E-state index is 0. The Bertz CT molecular complexity index is 832. The highest BCUT2D eigenvalue weighted by Crippen LogP contribution is 2.29. The number of aryl methyl sites for hydroxylation is 1. The van der Waals surface area contributed by atoms with Crippen LogP contribution in [0.3, 0.4) is 0 Å². The fourth-order valence-electron chi connectivity index (χ4n) is 2.77. The fourth-order valence-corrected chi connectivity index (χ4v) is 3.57. The number of nitrogens with one attached hydrogen (secondary N) is 1. The van der Waals surface area contributed by atoms with Crippen molar-refractivity contribution in [1.29, 1.82) is 0 Å². The number of aromatic nitrogens is 3. The lowest BCUT2D eigenvalue weighted by atomic mass is 10.2. The molecule has 1 fully saturated rings. The molecule has 3 heterocycles. The highest BCUT2D eigenvalue weighted by Gasteiger charge is 2.26. The average molecular weight is 378 g/mol. The van der Waals surface area contributed by atoms with Crippen molar-refractivity contribution >= 4 is 23.7 Å². The van der Waals surface area contributed by atoms with Gasteiger partial charge >= 0.3 is 0 Å². The van der Waals surface area contributed by atoms with Crippen LogP contribution in [0.4, 0.5) is 0 Å². The summed E-state index contributed by atoms with van der Waals surface area (Å²) < 4.78 is 5.45. The minimum Gasteiger partial charge on any atom is -0.332 e. The molecule has 2 aromatic heterocycles. The van der Waals surface area contributed by atoms with Crippen LogP contribution < -0.4 is 5.32 Å². The van der Waals surface area contributed by atoms with Crippen molar-refractivity contribution in [2.75, 3.05) is 26.7 Å². The van der Waals surface area contributed by atoms with Crippen LogP contribution in [0.25, 0.3) is 22.2 Å². The number of likely N-dealkylation sites (N-methyl/N-ethyl adjacent to an activating group) is 1. The number of thiazole rings is 1. The van der Waals surface area contributed by atoms with Crippen molar-refractivity contribution in [1.82, 2.24) is 25.3 Å². The van der Waals surface area contributed by atoms with Crippen molar-refractivity contribution in [3.63, 3.8) is 0 Å². The molecule has 3 aromatic rings. The van der Waals surface area contributed by atoms with Gasteiger partial charge in [0.2, 0.25) is 0 Å². The zero-order valence-corrected chi connectivity index (χ0v) is 15.7. The van der Waals surface area contributed by atoms with Gasteiger partial charge in [-0.3, -0.25) is 4.90 Å². The molecule has 0 bridgehead atoms. The Hall–Kier alpha value is -1.80. The highest BCUT2D eigenvalue weighted by molar-refractivity contribution is 7.13. The van der Waals surface area contributed by atoms with E-state index in [1.54, 1.807) is 11.3 Å². The summed E-state index contributed by atoms with van der Waals surface area (Å²) in [6.45, 7) is 4.88. The van der Waals surface area contributed by atoms with E-state index < -0.39 is 0 Å². The summed E-state index contributed by atoms with van der Waals surface area (Å²) >= 11 is 1.59. The van der Waals surface area contributed by atoms with E-state index in [1.807, 2.05) is 5.38 Å². The molecule has 0 radical (unpaired) electrons. The summed E-state index contributed by atoms with van der Waals surface area (Å²) in [6, 6.07) is 8.49. The van der Waals surface area contributed by atoms with Crippen molar-refractivity contribution < 1.29 is 4.52 Å². The van der Waals surface area contributed by atoms with Gasteiger partial charge in [0.05, 0.1) is 6.04 Å². The average Bonchev–Trinajstić information content (AvgIpc) is 3.25. The SMILES string of the molecule is Cc1ccc(-c2nc(-c3nc(C4CNCCN4C)no3)cs2)cc1.Cl. The van der Waals surface area contributed by atoms with Crippen LogP contribution in [0.2, 0.25) is 0 Å². The first-order chi connectivity index (χ1) is 11.7. The maximum Gasteiger partial charge on any atom is 0.277 e. The summed E-state index contributed by atoms with van der Waals surface area (Å²) in [4.78, 5) is 11.5. The highest BCUT2D eigenvalue weighted by atomic mass is 35.5. The van der Waals surface area contributed by atoms with Crippen LogP contribution in [-0.4, -0.2) is 46.7 Å². The monoisotopic (exact) mass is 377 g/mol. The van der Waals surface area contributed by atoms with E-state index in [4.69, 9.17) is 4.52 Å². The first kappa shape index (κ1) is 18.0. The van der Waals surface area contributed by atoms with Crippen molar-refractivity contribution in [3.05, 3.63) is 41.0 Å². The second kappa shape index (κ2) is 7.61. The summed E-state index contributed by atoms with van der Waals surface area (Å²) in [5, 5.41) is 10.5. The molecular formula is C17H20ClN5OS. The smallest absolute Gasteiger partial charge is 0.277 e. The van der Waals surface area contributed by atoms with E-state index in [0.29, 0.717) is 11.7 Å². The van der Waals surface area contributed by atoms with Crippen LogP contribution in [-0.2, 0) is 0 Å². The minimum absolute atomic E-state index is 0. The van der Waals surface area contributed by atoms with Crippen molar-refractivity contribution in [2.45, 2.75) is 13.0 Å². The zero-order chi connectivity index (χ0) is 16.5. The van der Waals surface area contributed by atoms with Gasteiger partial charge in [-0.25, -0.2) is 4.98 Å². The van der Waals surface area contributed by atoms with Crippen molar-refractivity contribution in [3.8, 4) is 22.2 Å². The molecule has 1 aliphatic heterocycles. The van der Waals surface area contributed by atoms with Crippen LogP contribution in [0.5, 0.6) is 0 Å². The molecular weight excluding hydrogens is 358 g/mol. The molecule has 1 atom stereocenters. The van der Waals surface area contributed by atoms with E-state index in [2.05, 4.69) is 63.6 Å². The second-order valence-corrected chi connectivity index (χ2v) is 6.92. The number of rotatable bonds is 3. The van der Waals surface area contributed by atoms with Crippen LogP contribution >= 0.6 is 23.7 Å². The number of hydrogen-bond donors (Lipinski definition) is 1. The van der Waals surface area contributed by atoms with Gasteiger partial charge in [-0.15, -0.1) is 23.7 Å². The molecule has 6 nitrogen and oxygen atoms in total. The van der Waals surface area contributed by atoms with E-state index in [-0.39, 0.29) is 18.4 Å². The third-order valence-electron chi connectivity index (χ3n) is 4.27. The third kappa shape index (κ3) is 3.74. The van der Waals surface area contributed by atoms with Gasteiger partial charge in [-0.05, 0) is 14.0 Å². The number of piperazine rings is 1. The van der Waals surface area contributed by atoms with Crippen LogP contribution in [0.15, 0.2) is 34.2 Å². The van der Waals surface area contributed by atoms with E-state index >= 15 is 0 Å². The molecule has 4 rings (SSSR count). The maximum atomic E-state index is 5.45. The topological polar surface area (TPSA) is 67.1 Å². The Morgan fingerprint density at radius 1 is 1.24 bits per heavy atom. The molecule has 0 saturated carbocycles. The molecule has 8 heteroatoms. The third-order valence-corrected chi connectivity index (χ3v) is 5.16. The molecule has 0 spiro atoms. The molecule has 1 aromatic carbocycles. The summed E-state index contributed by atoms with van der Waals surface area (Å²) in [6.07, 6.45) is 0.